The average Bonchev–Trinajstić information content (AvgIpc) is 3.21. The molecule has 0 aliphatic heterocycles. The second-order valence-electron chi connectivity index (χ2n) is 6.72. The molecule has 138 valence electrons. The van der Waals surface area contributed by atoms with E-state index in [0.717, 1.165) is 45.6 Å². The minimum atomic E-state index is 0.00223. The Morgan fingerprint density at radius 3 is 2.89 bits per heavy atom. The first kappa shape index (κ1) is 18.5. The summed E-state index contributed by atoms with van der Waals surface area (Å²) in [5.41, 5.74) is 4.33. The zero-order valence-electron chi connectivity index (χ0n) is 14.5. The molecule has 27 heavy (non-hydrogen) atoms. The summed E-state index contributed by atoms with van der Waals surface area (Å²) in [4.78, 5) is 17.1. The summed E-state index contributed by atoms with van der Waals surface area (Å²) in [6.07, 6.45) is 2.88. The van der Waals surface area contributed by atoms with Crippen LogP contribution in [0.1, 0.15) is 39.9 Å². The van der Waals surface area contributed by atoms with Crippen molar-refractivity contribution in [1.29, 1.82) is 0 Å². The van der Waals surface area contributed by atoms with E-state index in [0.29, 0.717) is 6.42 Å². The number of hydrogen-bond donors (Lipinski definition) is 1. The van der Waals surface area contributed by atoms with E-state index in [9.17, 15) is 4.79 Å². The molecule has 1 amide bonds. The van der Waals surface area contributed by atoms with Crippen molar-refractivity contribution >= 4 is 40.4 Å². The molecule has 1 N–H and O–H groups in total. The molecule has 1 aliphatic rings. The lowest BCUT2D eigenvalue weighted by molar-refractivity contribution is -0.121. The Labute approximate surface area is 172 Å². The van der Waals surface area contributed by atoms with Crippen LogP contribution in [0.3, 0.4) is 0 Å². The molecule has 0 bridgehead atoms. The topological polar surface area (TPSA) is 42.0 Å². The Balaban J connectivity index is 1.36. The number of carbonyl (C=O) groups is 1. The Morgan fingerprint density at radius 1 is 1.19 bits per heavy atom. The minimum absolute atomic E-state index is 0.00223. The number of amides is 1. The standard InChI is InChI=1S/C21H18Cl2N2OS/c22-15-3-1-2-13(8-15)9-21-24-17(12-27-21)11-20(26)25-19-7-4-14-10-16(23)5-6-18(14)19/h1-3,5-6,8,10,12,19H,4,7,9,11H2,(H,25,26). The van der Waals surface area contributed by atoms with Crippen molar-refractivity contribution in [2.24, 2.45) is 0 Å². The highest BCUT2D eigenvalue weighted by atomic mass is 35.5. The van der Waals surface area contributed by atoms with Crippen LogP contribution in [0, 0.1) is 0 Å². The molecular formula is C21H18Cl2N2OS. The predicted octanol–water partition coefficient (Wildman–Crippen LogP) is 5.39. The summed E-state index contributed by atoms with van der Waals surface area (Å²) in [5, 5.41) is 7.55. The smallest absolute Gasteiger partial charge is 0.226 e. The van der Waals surface area contributed by atoms with E-state index >= 15 is 0 Å². The summed E-state index contributed by atoms with van der Waals surface area (Å²) in [7, 11) is 0. The van der Waals surface area contributed by atoms with E-state index < -0.39 is 0 Å². The lowest BCUT2D eigenvalue weighted by atomic mass is 10.1. The highest BCUT2D eigenvalue weighted by Crippen LogP contribution is 2.32. The molecule has 2 aromatic carbocycles. The molecule has 0 radical (unpaired) electrons. The first-order valence-electron chi connectivity index (χ1n) is 8.82. The Hall–Kier alpha value is -1.88. The Bertz CT molecular complexity index is 986. The highest BCUT2D eigenvalue weighted by Gasteiger charge is 2.24. The summed E-state index contributed by atoms with van der Waals surface area (Å²) >= 11 is 13.7. The molecular weight excluding hydrogens is 399 g/mol. The first-order valence-corrected chi connectivity index (χ1v) is 10.5. The molecule has 6 heteroatoms. The monoisotopic (exact) mass is 416 g/mol. The first-order chi connectivity index (χ1) is 13.1. The van der Waals surface area contributed by atoms with Crippen molar-refractivity contribution in [3.05, 3.63) is 85.3 Å². The van der Waals surface area contributed by atoms with Crippen LogP contribution in [0.4, 0.5) is 0 Å². The molecule has 1 heterocycles. The number of halogens is 2. The van der Waals surface area contributed by atoms with Gasteiger partial charge in [0, 0.05) is 21.8 Å². The van der Waals surface area contributed by atoms with Crippen LogP contribution >= 0.6 is 34.5 Å². The van der Waals surface area contributed by atoms with Crippen molar-refractivity contribution < 1.29 is 4.79 Å². The van der Waals surface area contributed by atoms with E-state index in [1.807, 2.05) is 47.8 Å². The van der Waals surface area contributed by atoms with Gasteiger partial charge in [0.2, 0.25) is 5.91 Å². The van der Waals surface area contributed by atoms with Gasteiger partial charge >= 0.3 is 0 Å². The van der Waals surface area contributed by atoms with E-state index in [4.69, 9.17) is 23.2 Å². The van der Waals surface area contributed by atoms with Crippen LogP contribution in [-0.2, 0) is 24.1 Å². The van der Waals surface area contributed by atoms with Gasteiger partial charge in [0.25, 0.3) is 0 Å². The molecule has 1 aromatic heterocycles. The van der Waals surface area contributed by atoms with Gasteiger partial charge < -0.3 is 5.32 Å². The van der Waals surface area contributed by atoms with Crippen molar-refractivity contribution in [3.63, 3.8) is 0 Å². The van der Waals surface area contributed by atoms with Crippen LogP contribution in [0.5, 0.6) is 0 Å². The fourth-order valence-electron chi connectivity index (χ4n) is 3.48. The lowest BCUT2D eigenvalue weighted by Gasteiger charge is -2.13. The minimum Gasteiger partial charge on any atom is -0.349 e. The Morgan fingerprint density at radius 2 is 2.04 bits per heavy atom. The number of nitrogens with zero attached hydrogens (tertiary/aromatic N) is 1. The number of rotatable bonds is 5. The maximum absolute atomic E-state index is 12.5. The maximum atomic E-state index is 12.5. The number of nitrogens with one attached hydrogen (secondary N) is 1. The van der Waals surface area contributed by atoms with E-state index in [2.05, 4.69) is 10.3 Å². The maximum Gasteiger partial charge on any atom is 0.226 e. The summed E-state index contributed by atoms with van der Waals surface area (Å²) in [6.45, 7) is 0. The van der Waals surface area contributed by atoms with Crippen LogP contribution < -0.4 is 5.32 Å². The predicted molar refractivity (Wildman–Crippen MR) is 111 cm³/mol. The van der Waals surface area contributed by atoms with E-state index in [1.54, 1.807) is 11.3 Å². The summed E-state index contributed by atoms with van der Waals surface area (Å²) in [5.74, 6) is 0.00223. The van der Waals surface area contributed by atoms with Crippen molar-refractivity contribution in [2.45, 2.75) is 31.7 Å². The number of hydrogen-bond acceptors (Lipinski definition) is 3. The van der Waals surface area contributed by atoms with Crippen LogP contribution in [0.2, 0.25) is 10.0 Å². The number of aryl methyl sites for hydroxylation is 1. The molecule has 1 unspecified atom stereocenters. The van der Waals surface area contributed by atoms with Gasteiger partial charge in [-0.15, -0.1) is 11.3 Å². The third-order valence-electron chi connectivity index (χ3n) is 4.70. The normalized spacial score (nSPS) is 15.6. The third-order valence-corrected chi connectivity index (χ3v) is 6.07. The fourth-order valence-corrected chi connectivity index (χ4v) is 4.71. The number of thiazole rings is 1. The van der Waals surface area contributed by atoms with Crippen molar-refractivity contribution in [2.75, 3.05) is 0 Å². The lowest BCUT2D eigenvalue weighted by Crippen LogP contribution is -2.28. The van der Waals surface area contributed by atoms with Crippen LogP contribution in [0.15, 0.2) is 47.8 Å². The molecule has 3 nitrogen and oxygen atoms in total. The number of carbonyl (C=O) groups excluding carboxylic acids is 1. The number of fused-ring (bicyclic) bond motifs is 1. The van der Waals surface area contributed by atoms with Gasteiger partial charge in [-0.1, -0.05) is 41.4 Å². The molecule has 0 saturated heterocycles. The molecule has 3 aromatic rings. The molecule has 0 spiro atoms. The van der Waals surface area contributed by atoms with Crippen molar-refractivity contribution in [1.82, 2.24) is 10.3 Å². The Kier molecular flexibility index (Phi) is 5.48. The van der Waals surface area contributed by atoms with Crippen LogP contribution in [-0.4, -0.2) is 10.9 Å². The zero-order chi connectivity index (χ0) is 18.8. The summed E-state index contributed by atoms with van der Waals surface area (Å²) < 4.78 is 0. The van der Waals surface area contributed by atoms with Gasteiger partial charge in [-0.3, -0.25) is 4.79 Å². The second kappa shape index (κ2) is 8.01. The van der Waals surface area contributed by atoms with E-state index in [-0.39, 0.29) is 11.9 Å². The van der Waals surface area contributed by atoms with Crippen LogP contribution in [0.25, 0.3) is 0 Å². The van der Waals surface area contributed by atoms with Gasteiger partial charge in [-0.05, 0) is 53.8 Å². The van der Waals surface area contributed by atoms with Gasteiger partial charge in [-0.2, -0.15) is 0 Å². The summed E-state index contributed by atoms with van der Waals surface area (Å²) in [6, 6.07) is 13.7. The molecule has 1 aliphatic carbocycles. The van der Waals surface area contributed by atoms with Gasteiger partial charge in [0.1, 0.15) is 0 Å². The average molecular weight is 417 g/mol. The molecule has 0 fully saturated rings. The third kappa shape index (κ3) is 4.52. The fraction of sp³-hybridized carbons (Fsp3) is 0.238. The second-order valence-corrected chi connectivity index (χ2v) is 8.53. The largest absolute Gasteiger partial charge is 0.349 e. The molecule has 1 atom stereocenters. The SMILES string of the molecule is O=C(Cc1csc(Cc2cccc(Cl)c2)n1)NC1CCc2cc(Cl)ccc21. The van der Waals surface area contributed by atoms with Gasteiger partial charge in [0.05, 0.1) is 23.2 Å². The highest BCUT2D eigenvalue weighted by molar-refractivity contribution is 7.09. The zero-order valence-corrected chi connectivity index (χ0v) is 16.9. The van der Waals surface area contributed by atoms with E-state index in [1.165, 1.54) is 11.1 Å². The van der Waals surface area contributed by atoms with Gasteiger partial charge in [-0.25, -0.2) is 4.98 Å². The van der Waals surface area contributed by atoms with Crippen molar-refractivity contribution in [3.8, 4) is 0 Å². The molecule has 0 saturated carbocycles. The quantitative estimate of drug-likeness (QED) is 0.605. The van der Waals surface area contributed by atoms with Gasteiger partial charge in [0.15, 0.2) is 0 Å². The number of aromatic nitrogens is 1. The molecule has 4 rings (SSSR count). The number of benzene rings is 2.